The third kappa shape index (κ3) is 2.61. The largest absolute Gasteiger partial charge is 0.382 e. The maximum Gasteiger partial charge on any atom is 0.153 e. The summed E-state index contributed by atoms with van der Waals surface area (Å²) in [6.07, 6.45) is 0.933. The van der Waals surface area contributed by atoms with Crippen LogP contribution in [0.15, 0.2) is 24.3 Å². The SMILES string of the molecule is CC(C)Cc1[nH]nc(N)c1-c1ccc(Cl)cc1. The Hall–Kier alpha value is -1.48. The fraction of sp³-hybridized carbons (Fsp3) is 0.308. The van der Waals surface area contributed by atoms with E-state index in [1.54, 1.807) is 0 Å². The molecule has 0 bridgehead atoms. The van der Waals surface area contributed by atoms with Crippen LogP contribution in [0.1, 0.15) is 19.5 Å². The van der Waals surface area contributed by atoms with Crippen molar-refractivity contribution in [2.24, 2.45) is 5.92 Å². The van der Waals surface area contributed by atoms with Gasteiger partial charge in [0, 0.05) is 16.3 Å². The van der Waals surface area contributed by atoms with Crippen LogP contribution in [0, 0.1) is 5.92 Å². The molecular formula is C13H16ClN3. The molecule has 90 valence electrons. The van der Waals surface area contributed by atoms with Crippen molar-refractivity contribution in [1.29, 1.82) is 0 Å². The summed E-state index contributed by atoms with van der Waals surface area (Å²) in [6, 6.07) is 7.66. The van der Waals surface area contributed by atoms with Crippen molar-refractivity contribution in [3.8, 4) is 11.1 Å². The third-order valence-electron chi connectivity index (χ3n) is 2.61. The number of H-pyrrole nitrogens is 1. The lowest BCUT2D eigenvalue weighted by atomic mass is 10.00. The van der Waals surface area contributed by atoms with Gasteiger partial charge in [-0.25, -0.2) is 0 Å². The number of anilines is 1. The quantitative estimate of drug-likeness (QED) is 0.875. The summed E-state index contributed by atoms with van der Waals surface area (Å²) in [5, 5.41) is 7.82. The highest BCUT2D eigenvalue weighted by molar-refractivity contribution is 6.30. The van der Waals surface area contributed by atoms with Gasteiger partial charge in [-0.1, -0.05) is 37.6 Å². The molecule has 2 rings (SSSR count). The van der Waals surface area contributed by atoms with Gasteiger partial charge in [0.15, 0.2) is 5.82 Å². The fourth-order valence-electron chi connectivity index (χ4n) is 1.89. The van der Waals surface area contributed by atoms with Gasteiger partial charge in [-0.2, -0.15) is 5.10 Å². The molecule has 0 saturated carbocycles. The lowest BCUT2D eigenvalue weighted by Crippen LogP contribution is -1.97. The highest BCUT2D eigenvalue weighted by Gasteiger charge is 2.13. The molecule has 0 spiro atoms. The number of aromatic amines is 1. The Bertz CT molecular complexity index is 500. The second-order valence-electron chi connectivity index (χ2n) is 4.57. The Labute approximate surface area is 106 Å². The molecule has 0 atom stereocenters. The van der Waals surface area contributed by atoms with Gasteiger partial charge in [-0.3, -0.25) is 5.10 Å². The normalized spacial score (nSPS) is 11.1. The lowest BCUT2D eigenvalue weighted by Gasteiger charge is -2.06. The molecule has 0 amide bonds. The van der Waals surface area contributed by atoms with Gasteiger partial charge in [0.2, 0.25) is 0 Å². The second-order valence-corrected chi connectivity index (χ2v) is 5.00. The van der Waals surface area contributed by atoms with E-state index in [0.29, 0.717) is 11.7 Å². The van der Waals surface area contributed by atoms with Gasteiger partial charge in [0.25, 0.3) is 0 Å². The average Bonchev–Trinajstić information content (AvgIpc) is 2.61. The van der Waals surface area contributed by atoms with E-state index in [1.165, 1.54) is 0 Å². The average molecular weight is 250 g/mol. The number of nitrogens with one attached hydrogen (secondary N) is 1. The summed E-state index contributed by atoms with van der Waals surface area (Å²) in [4.78, 5) is 0. The molecule has 3 nitrogen and oxygen atoms in total. The topological polar surface area (TPSA) is 54.7 Å². The van der Waals surface area contributed by atoms with Crippen LogP contribution in [0.25, 0.3) is 11.1 Å². The molecule has 0 aliphatic heterocycles. The monoisotopic (exact) mass is 249 g/mol. The molecule has 1 aromatic heterocycles. The van der Waals surface area contributed by atoms with E-state index >= 15 is 0 Å². The molecule has 4 heteroatoms. The number of halogens is 1. The first kappa shape index (κ1) is 12.0. The molecule has 0 saturated heterocycles. The molecule has 0 aliphatic carbocycles. The summed E-state index contributed by atoms with van der Waals surface area (Å²) in [6.45, 7) is 4.34. The van der Waals surface area contributed by atoms with Crippen molar-refractivity contribution in [2.45, 2.75) is 20.3 Å². The first-order valence-corrected chi connectivity index (χ1v) is 6.04. The number of rotatable bonds is 3. The molecule has 17 heavy (non-hydrogen) atoms. The fourth-order valence-corrected chi connectivity index (χ4v) is 2.01. The van der Waals surface area contributed by atoms with Gasteiger partial charge in [0.05, 0.1) is 0 Å². The van der Waals surface area contributed by atoms with E-state index in [-0.39, 0.29) is 0 Å². The lowest BCUT2D eigenvalue weighted by molar-refractivity contribution is 0.634. The molecule has 0 aliphatic rings. The zero-order valence-electron chi connectivity index (χ0n) is 10.00. The van der Waals surface area contributed by atoms with E-state index in [9.17, 15) is 0 Å². The van der Waals surface area contributed by atoms with E-state index in [1.807, 2.05) is 24.3 Å². The summed E-state index contributed by atoms with van der Waals surface area (Å²) in [7, 11) is 0. The number of nitrogens with zero attached hydrogens (tertiary/aromatic N) is 1. The van der Waals surface area contributed by atoms with Crippen LogP contribution in [0.4, 0.5) is 5.82 Å². The van der Waals surface area contributed by atoms with Crippen LogP contribution in [-0.4, -0.2) is 10.2 Å². The van der Waals surface area contributed by atoms with Crippen LogP contribution in [0.5, 0.6) is 0 Å². The van der Waals surface area contributed by atoms with E-state index < -0.39 is 0 Å². The number of nitrogens with two attached hydrogens (primary N) is 1. The highest BCUT2D eigenvalue weighted by Crippen LogP contribution is 2.30. The molecule has 0 fully saturated rings. The standard InChI is InChI=1S/C13H16ClN3/c1-8(2)7-11-12(13(15)17-16-11)9-3-5-10(14)6-4-9/h3-6,8H,7H2,1-2H3,(H3,15,16,17). The minimum Gasteiger partial charge on any atom is -0.382 e. The van der Waals surface area contributed by atoms with Crippen LogP contribution in [0.3, 0.4) is 0 Å². The van der Waals surface area contributed by atoms with Crippen molar-refractivity contribution < 1.29 is 0 Å². The molecule has 0 unspecified atom stereocenters. The number of aromatic nitrogens is 2. The van der Waals surface area contributed by atoms with E-state index in [2.05, 4.69) is 24.0 Å². The van der Waals surface area contributed by atoms with Crippen LogP contribution in [-0.2, 0) is 6.42 Å². The predicted molar refractivity (Wildman–Crippen MR) is 72.0 cm³/mol. The maximum absolute atomic E-state index is 5.91. The summed E-state index contributed by atoms with van der Waals surface area (Å²) in [5.74, 6) is 1.10. The van der Waals surface area contributed by atoms with Crippen molar-refractivity contribution in [2.75, 3.05) is 5.73 Å². The Morgan fingerprint density at radius 2 is 1.94 bits per heavy atom. The van der Waals surface area contributed by atoms with E-state index in [4.69, 9.17) is 17.3 Å². The Balaban J connectivity index is 2.43. The molecular weight excluding hydrogens is 234 g/mol. The maximum atomic E-state index is 5.91. The smallest absolute Gasteiger partial charge is 0.153 e. The second kappa shape index (κ2) is 4.80. The summed E-state index contributed by atoms with van der Waals surface area (Å²) < 4.78 is 0. The predicted octanol–water partition coefficient (Wildman–Crippen LogP) is 3.51. The number of benzene rings is 1. The van der Waals surface area contributed by atoms with Crippen LogP contribution in [0.2, 0.25) is 5.02 Å². The molecule has 0 radical (unpaired) electrons. The van der Waals surface area contributed by atoms with Crippen LogP contribution >= 0.6 is 11.6 Å². The zero-order valence-corrected chi connectivity index (χ0v) is 10.8. The minimum absolute atomic E-state index is 0.544. The molecule has 3 N–H and O–H groups in total. The third-order valence-corrected chi connectivity index (χ3v) is 2.87. The zero-order chi connectivity index (χ0) is 12.4. The Kier molecular flexibility index (Phi) is 3.38. The van der Waals surface area contributed by atoms with Crippen molar-refractivity contribution in [3.63, 3.8) is 0 Å². The van der Waals surface area contributed by atoms with Crippen molar-refractivity contribution in [3.05, 3.63) is 35.0 Å². The van der Waals surface area contributed by atoms with Crippen molar-refractivity contribution in [1.82, 2.24) is 10.2 Å². The van der Waals surface area contributed by atoms with Gasteiger partial charge in [-0.05, 0) is 30.0 Å². The molecule has 1 aromatic carbocycles. The minimum atomic E-state index is 0.544. The molecule has 2 aromatic rings. The van der Waals surface area contributed by atoms with Gasteiger partial charge >= 0.3 is 0 Å². The Morgan fingerprint density at radius 3 is 2.53 bits per heavy atom. The highest BCUT2D eigenvalue weighted by atomic mass is 35.5. The van der Waals surface area contributed by atoms with Crippen molar-refractivity contribution >= 4 is 17.4 Å². The van der Waals surface area contributed by atoms with Gasteiger partial charge in [0.1, 0.15) is 0 Å². The summed E-state index contributed by atoms with van der Waals surface area (Å²) in [5.41, 5.74) is 9.04. The number of nitrogen functional groups attached to an aromatic ring is 1. The van der Waals surface area contributed by atoms with Crippen LogP contribution < -0.4 is 5.73 Å². The Morgan fingerprint density at radius 1 is 1.29 bits per heavy atom. The number of hydrogen-bond acceptors (Lipinski definition) is 2. The first-order valence-electron chi connectivity index (χ1n) is 5.66. The number of hydrogen-bond donors (Lipinski definition) is 2. The van der Waals surface area contributed by atoms with Gasteiger partial charge in [-0.15, -0.1) is 0 Å². The first-order chi connectivity index (χ1) is 8.08. The molecule has 1 heterocycles. The van der Waals surface area contributed by atoms with Gasteiger partial charge < -0.3 is 5.73 Å². The van der Waals surface area contributed by atoms with E-state index in [0.717, 1.165) is 28.3 Å². The summed E-state index contributed by atoms with van der Waals surface area (Å²) >= 11 is 5.88.